The van der Waals surface area contributed by atoms with Crippen molar-refractivity contribution in [2.45, 2.75) is 37.9 Å². The van der Waals surface area contributed by atoms with Gasteiger partial charge in [0.05, 0.1) is 0 Å². The number of nitrogens with one attached hydrogen (secondary N) is 1. The highest BCUT2D eigenvalue weighted by molar-refractivity contribution is 5.45. The number of hydrogen-bond acceptors (Lipinski definition) is 4. The summed E-state index contributed by atoms with van der Waals surface area (Å²) in [6.07, 6.45) is 0.207. The molecule has 4 rings (SSSR count). The van der Waals surface area contributed by atoms with Crippen LogP contribution in [-0.2, 0) is 6.18 Å². The highest BCUT2D eigenvalue weighted by Gasteiger charge is 2.42. The molecule has 2 aliphatic carbocycles. The maximum Gasteiger partial charge on any atom is 0.453 e. The zero-order valence-corrected chi connectivity index (χ0v) is 11.1. The Balaban J connectivity index is 1.66. The van der Waals surface area contributed by atoms with E-state index in [9.17, 15) is 13.2 Å². The Morgan fingerprint density at radius 1 is 1.10 bits per heavy atom. The Bertz CT molecular complexity index is 660. The standard InChI is InChI=1S/C13H14F3N5/c14-13(15,16)12-19-18-10-6-5-9(20-21(10)12)17-11(7-1-2-7)8-3-4-8/h5-8,11H,1-4H2,(H,17,20). The molecule has 0 spiro atoms. The van der Waals surface area contributed by atoms with E-state index >= 15 is 0 Å². The third-order valence-corrected chi connectivity index (χ3v) is 4.09. The quantitative estimate of drug-likeness (QED) is 0.943. The van der Waals surface area contributed by atoms with Crippen LogP contribution in [0.3, 0.4) is 0 Å². The third-order valence-electron chi connectivity index (χ3n) is 4.09. The summed E-state index contributed by atoms with van der Waals surface area (Å²) in [4.78, 5) is 0. The van der Waals surface area contributed by atoms with Crippen molar-refractivity contribution in [2.75, 3.05) is 5.32 Å². The number of alkyl halides is 3. The van der Waals surface area contributed by atoms with E-state index in [1.807, 2.05) is 0 Å². The predicted octanol–water partition coefficient (Wildman–Crippen LogP) is 2.74. The lowest BCUT2D eigenvalue weighted by molar-refractivity contribution is -0.146. The Labute approximate surface area is 118 Å². The summed E-state index contributed by atoms with van der Waals surface area (Å²) in [6, 6.07) is 3.51. The van der Waals surface area contributed by atoms with Crippen molar-refractivity contribution in [3.63, 3.8) is 0 Å². The Kier molecular flexibility index (Phi) is 2.64. The van der Waals surface area contributed by atoms with Crippen molar-refractivity contribution in [3.8, 4) is 0 Å². The van der Waals surface area contributed by atoms with E-state index < -0.39 is 12.0 Å². The van der Waals surface area contributed by atoms with Crippen LogP contribution in [0, 0.1) is 11.8 Å². The lowest BCUT2D eigenvalue weighted by Gasteiger charge is -2.18. The van der Waals surface area contributed by atoms with Gasteiger partial charge in [0.1, 0.15) is 5.82 Å². The van der Waals surface area contributed by atoms with Gasteiger partial charge in [-0.1, -0.05) is 0 Å². The summed E-state index contributed by atoms with van der Waals surface area (Å²) in [5.41, 5.74) is 0.0993. The second-order valence-electron chi connectivity index (χ2n) is 5.85. The number of aromatic nitrogens is 4. The van der Waals surface area contributed by atoms with Gasteiger partial charge in [-0.3, -0.25) is 0 Å². The van der Waals surface area contributed by atoms with E-state index in [0.717, 1.165) is 4.52 Å². The van der Waals surface area contributed by atoms with Gasteiger partial charge in [-0.25, -0.2) is 0 Å². The molecule has 1 N–H and O–H groups in total. The molecule has 0 aliphatic heterocycles. The highest BCUT2D eigenvalue weighted by atomic mass is 19.4. The van der Waals surface area contributed by atoms with Gasteiger partial charge < -0.3 is 5.32 Å². The first-order chi connectivity index (χ1) is 10.0. The molecule has 21 heavy (non-hydrogen) atoms. The zero-order valence-electron chi connectivity index (χ0n) is 11.1. The van der Waals surface area contributed by atoms with E-state index in [-0.39, 0.29) is 5.65 Å². The van der Waals surface area contributed by atoms with Gasteiger partial charge >= 0.3 is 6.18 Å². The van der Waals surface area contributed by atoms with Gasteiger partial charge in [0.2, 0.25) is 0 Å². The summed E-state index contributed by atoms with van der Waals surface area (Å²) < 4.78 is 39.3. The molecule has 0 radical (unpaired) electrons. The first-order valence-electron chi connectivity index (χ1n) is 7.08. The van der Waals surface area contributed by atoms with Gasteiger partial charge in [-0.15, -0.1) is 15.3 Å². The average molecular weight is 297 g/mol. The molecule has 8 heteroatoms. The fraction of sp³-hybridized carbons (Fsp3) is 0.615. The molecule has 2 aromatic rings. The molecule has 2 aromatic heterocycles. The second kappa shape index (κ2) is 4.32. The number of fused-ring (bicyclic) bond motifs is 1. The van der Waals surface area contributed by atoms with Crippen LogP contribution in [0.1, 0.15) is 31.5 Å². The monoisotopic (exact) mass is 297 g/mol. The average Bonchev–Trinajstić information content (AvgIpc) is 3.31. The maximum atomic E-state index is 12.8. The number of nitrogens with zero attached hydrogens (tertiary/aromatic N) is 4. The van der Waals surface area contributed by atoms with Crippen molar-refractivity contribution in [1.82, 2.24) is 19.8 Å². The zero-order chi connectivity index (χ0) is 14.6. The third kappa shape index (κ3) is 2.43. The van der Waals surface area contributed by atoms with Crippen LogP contribution >= 0.6 is 0 Å². The number of anilines is 1. The summed E-state index contributed by atoms with van der Waals surface area (Å²) >= 11 is 0. The highest BCUT2D eigenvalue weighted by Crippen LogP contribution is 2.45. The summed E-state index contributed by atoms with van der Waals surface area (Å²) in [6.45, 7) is 0. The van der Waals surface area contributed by atoms with Crippen LogP contribution in [0.15, 0.2) is 12.1 Å². The normalized spacial score (nSPS) is 19.4. The predicted molar refractivity (Wildman–Crippen MR) is 68.6 cm³/mol. The van der Waals surface area contributed by atoms with E-state index in [1.165, 1.54) is 31.7 Å². The van der Waals surface area contributed by atoms with Crippen LogP contribution in [0.4, 0.5) is 19.0 Å². The van der Waals surface area contributed by atoms with E-state index in [0.29, 0.717) is 23.7 Å². The molecule has 2 fully saturated rings. The van der Waals surface area contributed by atoms with Gasteiger partial charge in [-0.2, -0.15) is 17.7 Å². The Morgan fingerprint density at radius 2 is 1.76 bits per heavy atom. The van der Waals surface area contributed by atoms with E-state index in [2.05, 4.69) is 20.6 Å². The molecule has 0 amide bonds. The van der Waals surface area contributed by atoms with Gasteiger partial charge in [0, 0.05) is 6.04 Å². The summed E-state index contributed by atoms with van der Waals surface area (Å²) in [5, 5.41) is 14.0. The van der Waals surface area contributed by atoms with Crippen LogP contribution in [0.5, 0.6) is 0 Å². The largest absolute Gasteiger partial charge is 0.453 e. The molecular formula is C13H14F3N5. The minimum atomic E-state index is -4.56. The molecule has 0 saturated heterocycles. The van der Waals surface area contributed by atoms with Crippen molar-refractivity contribution < 1.29 is 13.2 Å². The molecule has 2 aliphatic rings. The molecule has 112 valence electrons. The summed E-state index contributed by atoms with van der Waals surface area (Å²) in [7, 11) is 0. The van der Waals surface area contributed by atoms with Gasteiger partial charge in [0.25, 0.3) is 5.82 Å². The number of rotatable bonds is 4. The smallest absolute Gasteiger partial charge is 0.365 e. The van der Waals surface area contributed by atoms with Crippen molar-refractivity contribution in [2.24, 2.45) is 11.8 Å². The Morgan fingerprint density at radius 3 is 2.33 bits per heavy atom. The number of halogens is 3. The minimum absolute atomic E-state index is 0.0993. The lowest BCUT2D eigenvalue weighted by atomic mass is 10.1. The molecule has 0 bridgehead atoms. The topological polar surface area (TPSA) is 55.1 Å². The van der Waals surface area contributed by atoms with Crippen LogP contribution < -0.4 is 5.32 Å². The molecule has 2 heterocycles. The SMILES string of the molecule is FC(F)(F)c1nnc2ccc(NC(C3CC3)C3CC3)nn12. The summed E-state index contributed by atoms with van der Waals surface area (Å²) in [5.74, 6) is 0.642. The van der Waals surface area contributed by atoms with E-state index in [1.54, 1.807) is 6.07 Å². The molecular weight excluding hydrogens is 283 g/mol. The van der Waals surface area contributed by atoms with Crippen LogP contribution in [-0.4, -0.2) is 25.9 Å². The maximum absolute atomic E-state index is 12.8. The molecule has 5 nitrogen and oxygen atoms in total. The number of hydrogen-bond donors (Lipinski definition) is 1. The first kappa shape index (κ1) is 12.8. The lowest BCUT2D eigenvalue weighted by Crippen LogP contribution is -2.25. The van der Waals surface area contributed by atoms with Crippen molar-refractivity contribution in [3.05, 3.63) is 18.0 Å². The van der Waals surface area contributed by atoms with Crippen molar-refractivity contribution >= 4 is 11.5 Å². The van der Waals surface area contributed by atoms with Crippen LogP contribution in [0.2, 0.25) is 0 Å². The fourth-order valence-corrected chi connectivity index (χ4v) is 2.74. The van der Waals surface area contributed by atoms with E-state index in [4.69, 9.17) is 0 Å². The van der Waals surface area contributed by atoms with Crippen molar-refractivity contribution in [1.29, 1.82) is 0 Å². The first-order valence-corrected chi connectivity index (χ1v) is 7.08. The van der Waals surface area contributed by atoms with Gasteiger partial charge in [0.15, 0.2) is 5.65 Å². The fourth-order valence-electron chi connectivity index (χ4n) is 2.74. The molecule has 0 unspecified atom stereocenters. The minimum Gasteiger partial charge on any atom is -0.365 e. The molecule has 0 aromatic carbocycles. The molecule has 2 saturated carbocycles. The van der Waals surface area contributed by atoms with Gasteiger partial charge in [-0.05, 0) is 49.7 Å². The Hall–Kier alpha value is -1.86. The second-order valence-corrected chi connectivity index (χ2v) is 5.85. The van der Waals surface area contributed by atoms with Crippen LogP contribution in [0.25, 0.3) is 5.65 Å². The molecule has 0 atom stereocenters.